The molecule has 1 aliphatic carbocycles. The van der Waals surface area contributed by atoms with Crippen molar-refractivity contribution in [2.24, 2.45) is 0 Å². The van der Waals surface area contributed by atoms with Crippen LogP contribution in [0.3, 0.4) is 0 Å². The van der Waals surface area contributed by atoms with E-state index in [1.54, 1.807) is 10.6 Å². The van der Waals surface area contributed by atoms with Gasteiger partial charge in [-0.1, -0.05) is 28.7 Å². The van der Waals surface area contributed by atoms with E-state index in [9.17, 15) is 4.79 Å². The summed E-state index contributed by atoms with van der Waals surface area (Å²) in [6.07, 6.45) is 6.80. The van der Waals surface area contributed by atoms with Gasteiger partial charge < -0.3 is 14.0 Å². The summed E-state index contributed by atoms with van der Waals surface area (Å²) >= 11 is 2.29. The van der Waals surface area contributed by atoms with E-state index in [0.717, 1.165) is 35.8 Å². The van der Waals surface area contributed by atoms with Crippen molar-refractivity contribution in [1.82, 2.24) is 4.57 Å². The molecule has 1 spiro atoms. The largest absolute Gasteiger partial charge is 0.347 e. The molecule has 1 aromatic rings. The molecule has 0 N–H and O–H groups in total. The maximum Gasteiger partial charge on any atom is 0.250 e. The number of halogens is 1. The van der Waals surface area contributed by atoms with E-state index in [1.165, 1.54) is 5.57 Å². The van der Waals surface area contributed by atoms with Gasteiger partial charge in [-0.05, 0) is 23.6 Å². The van der Waals surface area contributed by atoms with Gasteiger partial charge in [0.05, 0.1) is 13.2 Å². The van der Waals surface area contributed by atoms with Gasteiger partial charge in [0.25, 0.3) is 5.56 Å². The van der Waals surface area contributed by atoms with Gasteiger partial charge in [-0.2, -0.15) is 0 Å². The molecule has 0 saturated carbocycles. The predicted octanol–water partition coefficient (Wildman–Crippen LogP) is 2.59. The predicted molar refractivity (Wildman–Crippen MR) is 86.1 cm³/mol. The minimum Gasteiger partial charge on any atom is -0.347 e. The fraction of sp³-hybridized carbons (Fsp3) is 0.533. The highest BCUT2D eigenvalue weighted by molar-refractivity contribution is 14.1. The molecule has 0 bridgehead atoms. The Balaban J connectivity index is 1.81. The van der Waals surface area contributed by atoms with Gasteiger partial charge in [-0.15, -0.1) is 0 Å². The zero-order chi connectivity index (χ0) is 14.0. The average molecular weight is 387 g/mol. The Bertz CT molecular complexity index is 573. The summed E-state index contributed by atoms with van der Waals surface area (Å²) in [6, 6.07) is 3.58. The third kappa shape index (κ3) is 2.84. The summed E-state index contributed by atoms with van der Waals surface area (Å²) in [4.78, 5) is 11.7. The van der Waals surface area contributed by atoms with Crippen molar-refractivity contribution in [2.45, 2.75) is 31.6 Å². The molecular weight excluding hydrogens is 369 g/mol. The van der Waals surface area contributed by atoms with Crippen molar-refractivity contribution < 1.29 is 9.47 Å². The lowest BCUT2D eigenvalue weighted by atomic mass is 9.90. The molecule has 4 nitrogen and oxygen atoms in total. The van der Waals surface area contributed by atoms with Crippen LogP contribution in [0, 0.1) is 0 Å². The topological polar surface area (TPSA) is 40.5 Å². The van der Waals surface area contributed by atoms with Gasteiger partial charge in [0, 0.05) is 36.1 Å². The first kappa shape index (κ1) is 14.3. The van der Waals surface area contributed by atoms with Crippen molar-refractivity contribution in [3.8, 4) is 0 Å². The van der Waals surface area contributed by atoms with Crippen molar-refractivity contribution >= 4 is 28.2 Å². The second-order valence-electron chi connectivity index (χ2n) is 5.18. The third-order valence-corrected chi connectivity index (χ3v) is 4.41. The van der Waals surface area contributed by atoms with Crippen LogP contribution in [0.5, 0.6) is 0 Å². The van der Waals surface area contributed by atoms with Crippen LogP contribution in [0.15, 0.2) is 29.2 Å². The van der Waals surface area contributed by atoms with Gasteiger partial charge in [-0.25, -0.2) is 0 Å². The number of aryl methyl sites for hydroxylation is 1. The number of nitrogens with zero attached hydrogens (tertiary/aromatic N) is 1. The molecule has 5 heteroatoms. The lowest BCUT2D eigenvalue weighted by Crippen LogP contribution is -2.31. The molecule has 0 atom stereocenters. The van der Waals surface area contributed by atoms with Crippen LogP contribution in [0.2, 0.25) is 0 Å². The molecule has 1 saturated heterocycles. The SMILES string of the molecule is O=c1ccc(C2=CCC3(CC2)OCCO3)cn1CCI. The first-order chi connectivity index (χ1) is 9.72. The number of alkyl halides is 1. The van der Waals surface area contributed by atoms with Crippen LogP contribution in [-0.4, -0.2) is 28.0 Å². The number of aromatic nitrogens is 1. The molecule has 108 valence electrons. The van der Waals surface area contributed by atoms with Crippen molar-refractivity contribution in [3.05, 3.63) is 40.3 Å². The number of pyridine rings is 1. The summed E-state index contributed by atoms with van der Waals surface area (Å²) in [7, 11) is 0. The van der Waals surface area contributed by atoms with Crippen molar-refractivity contribution in [2.75, 3.05) is 17.6 Å². The summed E-state index contributed by atoms with van der Waals surface area (Å²) < 4.78 is 14.2. The summed E-state index contributed by atoms with van der Waals surface area (Å²) in [5, 5.41) is 0. The van der Waals surface area contributed by atoms with Crippen LogP contribution in [0.4, 0.5) is 0 Å². The van der Waals surface area contributed by atoms with Crippen LogP contribution in [-0.2, 0) is 16.0 Å². The van der Waals surface area contributed by atoms with Gasteiger partial charge in [0.15, 0.2) is 5.79 Å². The second kappa shape index (κ2) is 5.99. The van der Waals surface area contributed by atoms with Gasteiger partial charge in [0.2, 0.25) is 0 Å². The van der Waals surface area contributed by atoms with Gasteiger partial charge in [0.1, 0.15) is 0 Å². The molecule has 3 rings (SSSR count). The van der Waals surface area contributed by atoms with Crippen LogP contribution < -0.4 is 5.56 Å². The number of rotatable bonds is 3. The van der Waals surface area contributed by atoms with Gasteiger partial charge >= 0.3 is 0 Å². The Hall–Kier alpha value is -0.660. The summed E-state index contributed by atoms with van der Waals surface area (Å²) in [5.74, 6) is -0.375. The zero-order valence-corrected chi connectivity index (χ0v) is 13.5. The van der Waals surface area contributed by atoms with E-state index >= 15 is 0 Å². The highest BCUT2D eigenvalue weighted by atomic mass is 127. The number of ether oxygens (including phenoxy) is 2. The molecule has 0 unspecified atom stereocenters. The first-order valence-electron chi connectivity index (χ1n) is 6.96. The van der Waals surface area contributed by atoms with E-state index in [4.69, 9.17) is 9.47 Å². The lowest BCUT2D eigenvalue weighted by molar-refractivity contribution is -0.159. The van der Waals surface area contributed by atoms with E-state index < -0.39 is 0 Å². The molecule has 1 aromatic heterocycles. The minimum absolute atomic E-state index is 0.0701. The maximum absolute atomic E-state index is 11.7. The normalized spacial score (nSPS) is 21.1. The van der Waals surface area contributed by atoms with E-state index in [0.29, 0.717) is 13.2 Å². The molecule has 0 aromatic carbocycles. The molecule has 1 fully saturated rings. The number of hydrogen-bond donors (Lipinski definition) is 0. The number of allylic oxidation sites excluding steroid dienone is 1. The molecule has 2 aliphatic rings. The third-order valence-electron chi connectivity index (χ3n) is 3.93. The lowest BCUT2D eigenvalue weighted by Gasteiger charge is -2.30. The van der Waals surface area contributed by atoms with E-state index in [-0.39, 0.29) is 11.3 Å². The van der Waals surface area contributed by atoms with Crippen molar-refractivity contribution in [3.63, 3.8) is 0 Å². The quantitative estimate of drug-likeness (QED) is 0.592. The van der Waals surface area contributed by atoms with Crippen molar-refractivity contribution in [1.29, 1.82) is 0 Å². The minimum atomic E-state index is -0.375. The highest BCUT2D eigenvalue weighted by Gasteiger charge is 2.37. The second-order valence-corrected chi connectivity index (χ2v) is 6.26. The average Bonchev–Trinajstić information content (AvgIpc) is 2.91. The zero-order valence-electron chi connectivity index (χ0n) is 11.3. The fourth-order valence-electron chi connectivity index (χ4n) is 2.82. The van der Waals surface area contributed by atoms with Crippen LogP contribution in [0.1, 0.15) is 24.8 Å². The molecule has 20 heavy (non-hydrogen) atoms. The first-order valence-corrected chi connectivity index (χ1v) is 8.49. The van der Waals surface area contributed by atoms with Crippen LogP contribution >= 0.6 is 22.6 Å². The highest BCUT2D eigenvalue weighted by Crippen LogP contribution is 2.37. The molecule has 1 aliphatic heterocycles. The monoisotopic (exact) mass is 387 g/mol. The Kier molecular flexibility index (Phi) is 4.28. The fourth-order valence-corrected chi connectivity index (χ4v) is 3.34. The molecular formula is C15H18INO3. The Labute approximate surface area is 131 Å². The standard InChI is InChI=1S/C15H18INO3/c16-7-8-17-11-13(1-2-14(17)18)12-3-5-15(6-4-12)19-9-10-20-15/h1-3,11H,4-10H2. The van der Waals surface area contributed by atoms with E-state index in [2.05, 4.69) is 28.7 Å². The van der Waals surface area contributed by atoms with Crippen LogP contribution in [0.25, 0.3) is 5.57 Å². The van der Waals surface area contributed by atoms with Gasteiger partial charge in [-0.3, -0.25) is 4.79 Å². The molecule has 0 amide bonds. The summed E-state index contributed by atoms with van der Waals surface area (Å²) in [6.45, 7) is 2.16. The summed E-state index contributed by atoms with van der Waals surface area (Å²) in [5.41, 5.74) is 2.50. The number of hydrogen-bond acceptors (Lipinski definition) is 3. The Morgan fingerprint density at radius 1 is 1.30 bits per heavy atom. The molecule has 2 heterocycles. The smallest absolute Gasteiger partial charge is 0.250 e. The Morgan fingerprint density at radius 3 is 2.75 bits per heavy atom. The molecule has 0 radical (unpaired) electrons. The maximum atomic E-state index is 11.7. The van der Waals surface area contributed by atoms with E-state index in [1.807, 2.05) is 12.3 Å². The Morgan fingerprint density at radius 2 is 2.10 bits per heavy atom.